The van der Waals surface area contributed by atoms with E-state index in [1.165, 1.54) is 22.3 Å². The van der Waals surface area contributed by atoms with E-state index in [1.807, 2.05) is 24.3 Å². The predicted molar refractivity (Wildman–Crippen MR) is 130 cm³/mol. The Balaban J connectivity index is 1.84. The third kappa shape index (κ3) is 4.78. The molecule has 0 aliphatic rings. The Morgan fingerprint density at radius 1 is 0.484 bits per heavy atom. The topological polar surface area (TPSA) is 40.5 Å². The maximum atomic E-state index is 10.2. The second kappa shape index (κ2) is 8.52. The van der Waals surface area contributed by atoms with Gasteiger partial charge >= 0.3 is 0 Å². The molecule has 4 aromatic rings. The lowest BCUT2D eigenvalue weighted by Crippen LogP contribution is -1.89. The fraction of sp³-hybridized carbons (Fsp3) is 0.143. The molecule has 0 bridgehead atoms. The molecule has 0 aromatic heterocycles. The summed E-state index contributed by atoms with van der Waals surface area (Å²) in [4.78, 5) is 2.11. The standard InChI is InChI=1S/C28H26O2S/c1-17-9-18(2)12-21(11-17)25-15-23(29)5-7-27(25)31-28-8-6-24(30)16-26(28)22-13-19(3)10-20(4)14-22/h5-16,29-30H,1-4H3. The SMILES string of the molecule is Cc1cc(C)cc(-c2cc(O)ccc2Sc2ccc(O)cc2-c2cc(C)cc(C)c2)c1. The van der Waals surface area contributed by atoms with Crippen LogP contribution < -0.4 is 0 Å². The van der Waals surface area contributed by atoms with Crippen molar-refractivity contribution in [3.63, 3.8) is 0 Å². The molecular weight excluding hydrogens is 400 g/mol. The Morgan fingerprint density at radius 3 is 1.19 bits per heavy atom. The number of benzene rings is 4. The van der Waals surface area contributed by atoms with Crippen LogP contribution in [0, 0.1) is 27.7 Å². The second-order valence-corrected chi connectivity index (χ2v) is 9.30. The minimum absolute atomic E-state index is 0.249. The van der Waals surface area contributed by atoms with Gasteiger partial charge in [-0.2, -0.15) is 0 Å². The molecule has 156 valence electrons. The van der Waals surface area contributed by atoms with E-state index in [-0.39, 0.29) is 11.5 Å². The first kappa shape index (κ1) is 21.1. The highest BCUT2D eigenvalue weighted by molar-refractivity contribution is 7.99. The maximum absolute atomic E-state index is 10.2. The molecule has 0 atom stereocenters. The van der Waals surface area contributed by atoms with Crippen molar-refractivity contribution >= 4 is 11.8 Å². The van der Waals surface area contributed by atoms with Gasteiger partial charge < -0.3 is 10.2 Å². The predicted octanol–water partition coefficient (Wildman–Crippen LogP) is 7.82. The molecule has 0 spiro atoms. The number of aromatic hydroxyl groups is 2. The monoisotopic (exact) mass is 426 g/mol. The van der Waals surface area contributed by atoms with Gasteiger partial charge in [-0.15, -0.1) is 0 Å². The summed E-state index contributed by atoms with van der Waals surface area (Å²) in [5.41, 5.74) is 8.92. The van der Waals surface area contributed by atoms with Crippen LogP contribution in [0.3, 0.4) is 0 Å². The smallest absolute Gasteiger partial charge is 0.116 e. The van der Waals surface area contributed by atoms with E-state index in [9.17, 15) is 10.2 Å². The number of hydrogen-bond donors (Lipinski definition) is 2. The summed E-state index contributed by atoms with van der Waals surface area (Å²) in [5, 5.41) is 20.4. The molecule has 0 amide bonds. The minimum atomic E-state index is 0.249. The van der Waals surface area contributed by atoms with Gasteiger partial charge in [0.05, 0.1) is 0 Å². The lowest BCUT2D eigenvalue weighted by molar-refractivity contribution is 0.474. The first-order chi connectivity index (χ1) is 14.8. The van der Waals surface area contributed by atoms with Crippen LogP contribution in [-0.4, -0.2) is 10.2 Å². The van der Waals surface area contributed by atoms with Crippen molar-refractivity contribution in [3.8, 4) is 33.8 Å². The molecule has 3 heteroatoms. The molecule has 0 aliphatic heterocycles. The van der Waals surface area contributed by atoms with Gasteiger partial charge in [0, 0.05) is 9.79 Å². The Morgan fingerprint density at radius 2 is 0.839 bits per heavy atom. The highest BCUT2D eigenvalue weighted by Gasteiger charge is 2.14. The molecule has 0 heterocycles. The van der Waals surface area contributed by atoms with Crippen molar-refractivity contribution < 1.29 is 10.2 Å². The molecule has 0 unspecified atom stereocenters. The normalized spacial score (nSPS) is 11.0. The van der Waals surface area contributed by atoms with Crippen LogP contribution in [0.1, 0.15) is 22.3 Å². The Hall–Kier alpha value is -3.17. The van der Waals surface area contributed by atoms with Crippen LogP contribution in [0.25, 0.3) is 22.3 Å². The van der Waals surface area contributed by atoms with Crippen molar-refractivity contribution in [1.82, 2.24) is 0 Å². The number of phenols is 2. The number of hydrogen-bond acceptors (Lipinski definition) is 3. The van der Waals surface area contributed by atoms with Crippen LogP contribution in [0.4, 0.5) is 0 Å². The van der Waals surface area contributed by atoms with Gasteiger partial charge in [0.1, 0.15) is 11.5 Å². The van der Waals surface area contributed by atoms with Crippen LogP contribution in [0.15, 0.2) is 82.6 Å². The largest absolute Gasteiger partial charge is 0.508 e. The van der Waals surface area contributed by atoms with Gasteiger partial charge in [-0.25, -0.2) is 0 Å². The zero-order chi connectivity index (χ0) is 22.1. The van der Waals surface area contributed by atoms with Crippen LogP contribution >= 0.6 is 11.8 Å². The molecule has 0 radical (unpaired) electrons. The fourth-order valence-electron chi connectivity index (χ4n) is 4.04. The zero-order valence-corrected chi connectivity index (χ0v) is 19.0. The quantitative estimate of drug-likeness (QED) is 0.349. The molecule has 4 rings (SSSR count). The van der Waals surface area contributed by atoms with E-state index in [0.29, 0.717) is 0 Å². The third-order valence-corrected chi connectivity index (χ3v) is 6.36. The first-order valence-electron chi connectivity index (χ1n) is 10.3. The van der Waals surface area contributed by atoms with E-state index < -0.39 is 0 Å². The molecule has 0 aliphatic carbocycles. The summed E-state index contributed by atoms with van der Waals surface area (Å²) in [5.74, 6) is 0.498. The van der Waals surface area contributed by atoms with E-state index in [2.05, 4.69) is 64.1 Å². The van der Waals surface area contributed by atoms with Gasteiger partial charge in [0.2, 0.25) is 0 Å². The molecule has 2 N–H and O–H groups in total. The van der Waals surface area contributed by atoms with E-state index in [1.54, 1.807) is 23.9 Å². The average molecular weight is 427 g/mol. The Bertz CT molecular complexity index is 1130. The highest BCUT2D eigenvalue weighted by Crippen LogP contribution is 2.43. The van der Waals surface area contributed by atoms with Crippen LogP contribution in [0.5, 0.6) is 11.5 Å². The Kier molecular flexibility index (Phi) is 5.79. The number of phenolic OH excluding ortho intramolecular Hbond substituents is 2. The molecular formula is C28H26O2S. The summed E-state index contributed by atoms with van der Waals surface area (Å²) in [6.07, 6.45) is 0. The van der Waals surface area contributed by atoms with E-state index in [0.717, 1.165) is 32.0 Å². The summed E-state index contributed by atoms with van der Waals surface area (Å²) >= 11 is 1.65. The second-order valence-electron chi connectivity index (χ2n) is 8.22. The molecule has 31 heavy (non-hydrogen) atoms. The fourth-order valence-corrected chi connectivity index (χ4v) is 5.13. The first-order valence-corrected chi connectivity index (χ1v) is 11.1. The average Bonchev–Trinajstić information content (AvgIpc) is 2.69. The van der Waals surface area contributed by atoms with Crippen molar-refractivity contribution in [3.05, 3.63) is 95.1 Å². The van der Waals surface area contributed by atoms with Crippen molar-refractivity contribution in [2.45, 2.75) is 37.5 Å². The van der Waals surface area contributed by atoms with Crippen molar-refractivity contribution in [2.75, 3.05) is 0 Å². The van der Waals surface area contributed by atoms with Crippen molar-refractivity contribution in [2.24, 2.45) is 0 Å². The number of aryl methyl sites for hydroxylation is 4. The van der Waals surface area contributed by atoms with Gasteiger partial charge in [-0.3, -0.25) is 0 Å². The van der Waals surface area contributed by atoms with E-state index >= 15 is 0 Å². The molecule has 4 aromatic carbocycles. The molecule has 0 saturated carbocycles. The van der Waals surface area contributed by atoms with Gasteiger partial charge in [0.15, 0.2) is 0 Å². The summed E-state index contributed by atoms with van der Waals surface area (Å²) in [6, 6.07) is 23.9. The van der Waals surface area contributed by atoms with Crippen LogP contribution in [0.2, 0.25) is 0 Å². The molecule has 2 nitrogen and oxygen atoms in total. The lowest BCUT2D eigenvalue weighted by atomic mass is 10.0. The Labute approximate surface area is 188 Å². The molecule has 0 fully saturated rings. The van der Waals surface area contributed by atoms with Crippen LogP contribution in [-0.2, 0) is 0 Å². The number of rotatable bonds is 4. The third-order valence-electron chi connectivity index (χ3n) is 5.21. The highest BCUT2D eigenvalue weighted by atomic mass is 32.2. The van der Waals surface area contributed by atoms with Gasteiger partial charge in [-0.05, 0) is 86.3 Å². The van der Waals surface area contributed by atoms with Crippen molar-refractivity contribution in [1.29, 1.82) is 0 Å². The maximum Gasteiger partial charge on any atom is 0.116 e. The summed E-state index contributed by atoms with van der Waals surface area (Å²) in [6.45, 7) is 8.35. The van der Waals surface area contributed by atoms with Gasteiger partial charge in [-0.1, -0.05) is 70.4 Å². The zero-order valence-electron chi connectivity index (χ0n) is 18.2. The van der Waals surface area contributed by atoms with E-state index in [4.69, 9.17) is 0 Å². The summed E-state index contributed by atoms with van der Waals surface area (Å²) in [7, 11) is 0. The minimum Gasteiger partial charge on any atom is -0.508 e. The summed E-state index contributed by atoms with van der Waals surface area (Å²) < 4.78 is 0. The lowest BCUT2D eigenvalue weighted by Gasteiger charge is -2.15. The molecule has 0 saturated heterocycles. The van der Waals surface area contributed by atoms with Gasteiger partial charge in [0.25, 0.3) is 0 Å².